The maximum absolute atomic E-state index is 11.9. The van der Waals surface area contributed by atoms with E-state index in [2.05, 4.69) is 15.2 Å². The first-order valence-electron chi connectivity index (χ1n) is 8.51. The first kappa shape index (κ1) is 16.5. The van der Waals surface area contributed by atoms with Crippen molar-refractivity contribution >= 4 is 5.97 Å². The number of nitrogens with one attached hydrogen (secondary N) is 1. The van der Waals surface area contributed by atoms with Crippen LogP contribution in [0.1, 0.15) is 32.6 Å². The van der Waals surface area contributed by atoms with Gasteiger partial charge in [0.1, 0.15) is 5.75 Å². The highest BCUT2D eigenvalue weighted by atomic mass is 16.5. The molecule has 0 radical (unpaired) electrons. The second kappa shape index (κ2) is 7.95. The van der Waals surface area contributed by atoms with Crippen LogP contribution in [0.15, 0.2) is 30.6 Å². The first-order chi connectivity index (χ1) is 11.8. The molecule has 1 aliphatic carbocycles. The molecule has 128 valence electrons. The number of esters is 1. The van der Waals surface area contributed by atoms with Crippen LogP contribution in [0.25, 0.3) is 11.4 Å². The average molecular weight is 329 g/mol. The van der Waals surface area contributed by atoms with Crippen LogP contribution < -0.4 is 4.74 Å². The summed E-state index contributed by atoms with van der Waals surface area (Å²) in [6.07, 6.45) is 7.34. The molecule has 24 heavy (non-hydrogen) atoms. The number of ether oxygens (including phenoxy) is 2. The second-order valence-corrected chi connectivity index (χ2v) is 6.14. The van der Waals surface area contributed by atoms with Gasteiger partial charge in [0.2, 0.25) is 0 Å². The number of hydrogen-bond donors (Lipinski definition) is 1. The molecule has 0 unspecified atom stereocenters. The van der Waals surface area contributed by atoms with Gasteiger partial charge in [0.15, 0.2) is 0 Å². The van der Waals surface area contributed by atoms with Gasteiger partial charge in [-0.3, -0.25) is 14.9 Å². The van der Waals surface area contributed by atoms with E-state index >= 15 is 0 Å². The Morgan fingerprint density at radius 2 is 2.25 bits per heavy atom. The number of hydrogen-bond acceptors (Lipinski definition) is 5. The maximum atomic E-state index is 11.9. The molecule has 0 aromatic carbocycles. The third kappa shape index (κ3) is 4.13. The quantitative estimate of drug-likeness (QED) is 0.823. The molecule has 0 aliphatic heterocycles. The van der Waals surface area contributed by atoms with Gasteiger partial charge in [-0.2, -0.15) is 5.10 Å². The van der Waals surface area contributed by atoms with Gasteiger partial charge in [-0.05, 0) is 50.3 Å². The summed E-state index contributed by atoms with van der Waals surface area (Å²) in [5, 5.41) is 6.80. The lowest BCUT2D eigenvalue weighted by Gasteiger charge is -2.27. The number of H-pyrrole nitrogens is 1. The van der Waals surface area contributed by atoms with Crippen LogP contribution in [-0.4, -0.2) is 34.4 Å². The molecule has 2 atom stereocenters. The number of pyridine rings is 1. The van der Waals surface area contributed by atoms with Crippen molar-refractivity contribution in [1.29, 1.82) is 0 Å². The minimum absolute atomic E-state index is 0.0215. The molecule has 2 heterocycles. The molecule has 1 saturated carbocycles. The smallest absolute Gasteiger partial charge is 0.308 e. The lowest BCUT2D eigenvalue weighted by molar-refractivity contribution is -0.149. The fourth-order valence-electron chi connectivity index (χ4n) is 3.15. The molecule has 0 saturated heterocycles. The lowest BCUT2D eigenvalue weighted by atomic mass is 9.82. The molecule has 6 nitrogen and oxygen atoms in total. The fourth-order valence-corrected chi connectivity index (χ4v) is 3.15. The fraction of sp³-hybridized carbons (Fsp3) is 0.500. The van der Waals surface area contributed by atoms with Crippen molar-refractivity contribution in [3.8, 4) is 17.1 Å². The van der Waals surface area contributed by atoms with E-state index in [4.69, 9.17) is 9.47 Å². The van der Waals surface area contributed by atoms with E-state index in [0.29, 0.717) is 19.1 Å². The number of aromatic nitrogens is 3. The number of carbonyl (C=O) groups excluding carboxylic acids is 1. The Bertz CT molecular complexity index is 640. The zero-order chi connectivity index (χ0) is 16.8. The normalized spacial score (nSPS) is 20.5. The highest BCUT2D eigenvalue weighted by molar-refractivity contribution is 5.72. The van der Waals surface area contributed by atoms with E-state index in [1.165, 1.54) is 0 Å². The van der Waals surface area contributed by atoms with Gasteiger partial charge in [-0.1, -0.05) is 6.42 Å². The zero-order valence-corrected chi connectivity index (χ0v) is 13.9. The Labute approximate surface area is 141 Å². The van der Waals surface area contributed by atoms with Gasteiger partial charge in [0.05, 0.1) is 36.7 Å². The van der Waals surface area contributed by atoms with Crippen molar-refractivity contribution in [2.75, 3.05) is 13.2 Å². The zero-order valence-electron chi connectivity index (χ0n) is 13.9. The Morgan fingerprint density at radius 3 is 2.96 bits per heavy atom. The van der Waals surface area contributed by atoms with Crippen molar-refractivity contribution in [3.05, 3.63) is 30.6 Å². The topological polar surface area (TPSA) is 77.1 Å². The standard InChI is InChI=1S/C18H23N3O3/c1-2-23-18(22)14-5-3-4-13(10-14)12-24-15-6-7-16(19-11-15)17-8-9-20-21-17/h6-9,11,13-14H,2-5,10,12H2,1H3,(H,20,21)/t13-,14-/m0/s1. The molecule has 2 aromatic heterocycles. The Morgan fingerprint density at radius 1 is 1.33 bits per heavy atom. The molecule has 3 rings (SSSR count). The van der Waals surface area contributed by atoms with Crippen molar-refractivity contribution in [2.24, 2.45) is 11.8 Å². The van der Waals surface area contributed by atoms with Crippen LogP contribution in [-0.2, 0) is 9.53 Å². The van der Waals surface area contributed by atoms with Gasteiger partial charge in [0, 0.05) is 6.20 Å². The van der Waals surface area contributed by atoms with Gasteiger partial charge >= 0.3 is 5.97 Å². The first-order valence-corrected chi connectivity index (χ1v) is 8.51. The Hall–Kier alpha value is -2.37. The number of rotatable bonds is 6. The molecule has 0 spiro atoms. The lowest BCUT2D eigenvalue weighted by Crippen LogP contribution is -2.27. The molecule has 1 aliphatic rings. The average Bonchev–Trinajstić information content (AvgIpc) is 3.15. The highest BCUT2D eigenvalue weighted by Crippen LogP contribution is 2.30. The monoisotopic (exact) mass is 329 g/mol. The van der Waals surface area contributed by atoms with E-state index in [9.17, 15) is 4.79 Å². The van der Waals surface area contributed by atoms with Crippen molar-refractivity contribution in [2.45, 2.75) is 32.6 Å². The molecule has 0 amide bonds. The van der Waals surface area contributed by atoms with Gasteiger partial charge in [-0.25, -0.2) is 0 Å². The van der Waals surface area contributed by atoms with Crippen LogP contribution >= 0.6 is 0 Å². The molecule has 1 N–H and O–H groups in total. The predicted octanol–water partition coefficient (Wildman–Crippen LogP) is 3.22. The summed E-state index contributed by atoms with van der Waals surface area (Å²) in [6, 6.07) is 5.69. The second-order valence-electron chi connectivity index (χ2n) is 6.14. The van der Waals surface area contributed by atoms with Crippen LogP contribution in [0.2, 0.25) is 0 Å². The Balaban J connectivity index is 1.51. The largest absolute Gasteiger partial charge is 0.492 e. The summed E-state index contributed by atoms with van der Waals surface area (Å²) >= 11 is 0. The summed E-state index contributed by atoms with van der Waals surface area (Å²) in [4.78, 5) is 16.3. The van der Waals surface area contributed by atoms with Crippen molar-refractivity contribution in [3.63, 3.8) is 0 Å². The molecule has 1 fully saturated rings. The Kier molecular flexibility index (Phi) is 5.46. The van der Waals surface area contributed by atoms with Gasteiger partial charge in [0.25, 0.3) is 0 Å². The predicted molar refractivity (Wildman–Crippen MR) is 89.4 cm³/mol. The molecular weight excluding hydrogens is 306 g/mol. The minimum atomic E-state index is -0.0622. The van der Waals surface area contributed by atoms with Crippen LogP contribution in [0.4, 0.5) is 0 Å². The molecule has 2 aromatic rings. The van der Waals surface area contributed by atoms with Gasteiger partial charge < -0.3 is 9.47 Å². The van der Waals surface area contributed by atoms with Crippen LogP contribution in [0.3, 0.4) is 0 Å². The minimum Gasteiger partial charge on any atom is -0.492 e. The summed E-state index contributed by atoms with van der Waals surface area (Å²) in [7, 11) is 0. The van der Waals surface area contributed by atoms with Crippen LogP contribution in [0, 0.1) is 11.8 Å². The van der Waals surface area contributed by atoms with Crippen molar-refractivity contribution < 1.29 is 14.3 Å². The highest BCUT2D eigenvalue weighted by Gasteiger charge is 2.28. The van der Waals surface area contributed by atoms with E-state index in [0.717, 1.165) is 42.8 Å². The van der Waals surface area contributed by atoms with Gasteiger partial charge in [-0.15, -0.1) is 0 Å². The summed E-state index contributed by atoms with van der Waals surface area (Å²) in [5.41, 5.74) is 1.71. The van der Waals surface area contributed by atoms with E-state index < -0.39 is 0 Å². The number of aromatic amines is 1. The summed E-state index contributed by atoms with van der Waals surface area (Å²) in [5.74, 6) is 1.10. The van der Waals surface area contributed by atoms with Crippen LogP contribution in [0.5, 0.6) is 5.75 Å². The van der Waals surface area contributed by atoms with E-state index in [-0.39, 0.29) is 11.9 Å². The molecule has 6 heteroatoms. The van der Waals surface area contributed by atoms with Crippen molar-refractivity contribution in [1.82, 2.24) is 15.2 Å². The van der Waals surface area contributed by atoms with E-state index in [1.807, 2.05) is 25.1 Å². The molecule has 0 bridgehead atoms. The third-order valence-corrected chi connectivity index (χ3v) is 4.40. The number of nitrogens with zero attached hydrogens (tertiary/aromatic N) is 2. The number of carbonyl (C=O) groups is 1. The molecular formula is C18H23N3O3. The maximum Gasteiger partial charge on any atom is 0.308 e. The van der Waals surface area contributed by atoms with E-state index in [1.54, 1.807) is 12.4 Å². The summed E-state index contributed by atoms with van der Waals surface area (Å²) < 4.78 is 11.0. The summed E-state index contributed by atoms with van der Waals surface area (Å²) in [6.45, 7) is 2.91. The SMILES string of the molecule is CCOC(=O)[C@H]1CCC[C@H](COc2ccc(-c3ccn[nH]3)nc2)C1. The third-order valence-electron chi connectivity index (χ3n) is 4.40.